The molecule has 4 rings (SSSR count). The van der Waals surface area contributed by atoms with Crippen molar-refractivity contribution in [2.75, 3.05) is 18.0 Å². The van der Waals surface area contributed by atoms with Crippen LogP contribution in [0.15, 0.2) is 101 Å². The number of aryl methyl sites for hydroxylation is 1. The summed E-state index contributed by atoms with van der Waals surface area (Å²) in [7, 11) is -2.26. The first-order valence-electron chi connectivity index (χ1n) is 12.8. The van der Waals surface area contributed by atoms with Crippen molar-refractivity contribution in [1.82, 2.24) is 5.43 Å². The first-order chi connectivity index (χ1) is 19.7. The molecule has 8 nitrogen and oxygen atoms in total. The molecule has 0 aliphatic carbocycles. The van der Waals surface area contributed by atoms with Gasteiger partial charge in [0.15, 0.2) is 11.5 Å². The smallest absolute Gasteiger partial charge is 0.271 e. The summed E-state index contributed by atoms with van der Waals surface area (Å²) in [5.41, 5.74) is 5.88. The van der Waals surface area contributed by atoms with Gasteiger partial charge >= 0.3 is 0 Å². The average molecular weight is 592 g/mol. The second-order valence-electron chi connectivity index (χ2n) is 9.09. The fourth-order valence-electron chi connectivity index (χ4n) is 3.79. The Labute approximate surface area is 245 Å². The first kappa shape index (κ1) is 29.6. The minimum Gasteiger partial charge on any atom is -0.490 e. The van der Waals surface area contributed by atoms with Gasteiger partial charge < -0.3 is 9.47 Å². The quantitative estimate of drug-likeness (QED) is 0.165. The molecule has 1 amide bonds. The summed E-state index contributed by atoms with van der Waals surface area (Å²) in [6.45, 7) is 4.58. The molecule has 0 spiro atoms. The number of nitrogens with zero attached hydrogens (tertiary/aromatic N) is 2. The number of hydrogen-bond acceptors (Lipinski definition) is 6. The summed E-state index contributed by atoms with van der Waals surface area (Å²) < 4.78 is 38.7. The zero-order valence-electron chi connectivity index (χ0n) is 22.9. The van der Waals surface area contributed by atoms with Crippen LogP contribution in [-0.2, 0) is 16.6 Å². The van der Waals surface area contributed by atoms with Crippen LogP contribution in [0.2, 0.25) is 5.02 Å². The van der Waals surface area contributed by atoms with Gasteiger partial charge in [-0.1, -0.05) is 41.4 Å². The molecule has 0 atom stereocenters. The SMILES string of the molecule is CCOc1cc(/C=N\NC(=O)c2ccc(N(C)S(=O)(=O)c3ccc(C)cc3)cc2)ccc1OCc1ccc(Cl)cc1. The van der Waals surface area contributed by atoms with Crippen LogP contribution < -0.4 is 19.2 Å². The maximum atomic E-state index is 12.9. The topological polar surface area (TPSA) is 97.3 Å². The number of hydrogen-bond donors (Lipinski definition) is 1. The third kappa shape index (κ3) is 7.65. The maximum Gasteiger partial charge on any atom is 0.271 e. The van der Waals surface area contributed by atoms with Gasteiger partial charge in [0, 0.05) is 17.6 Å². The van der Waals surface area contributed by atoms with Crippen LogP contribution in [0.3, 0.4) is 0 Å². The largest absolute Gasteiger partial charge is 0.490 e. The standard InChI is InChI=1S/C31H30ClN3O5S/c1-4-39-30-19-24(9-18-29(30)40-21-23-7-12-26(32)13-8-23)20-33-34-31(36)25-10-14-27(15-11-25)35(3)41(37,38)28-16-5-22(2)6-17-28/h5-20H,4,21H2,1-3H3,(H,34,36)/b33-20-. The molecule has 212 valence electrons. The fourth-order valence-corrected chi connectivity index (χ4v) is 5.12. The molecular weight excluding hydrogens is 562 g/mol. The molecule has 0 aliphatic rings. The lowest BCUT2D eigenvalue weighted by Gasteiger charge is -2.19. The number of sulfonamides is 1. The van der Waals surface area contributed by atoms with Crippen LogP contribution in [0.4, 0.5) is 5.69 Å². The number of nitrogens with one attached hydrogen (secondary N) is 1. The Morgan fingerprint density at radius 2 is 1.61 bits per heavy atom. The molecule has 4 aromatic carbocycles. The van der Waals surface area contributed by atoms with Crippen LogP contribution in [0, 0.1) is 6.92 Å². The molecule has 0 saturated heterocycles. The second-order valence-corrected chi connectivity index (χ2v) is 11.5. The van der Waals surface area contributed by atoms with E-state index in [1.165, 1.54) is 17.6 Å². The zero-order valence-corrected chi connectivity index (χ0v) is 24.4. The highest BCUT2D eigenvalue weighted by atomic mass is 35.5. The van der Waals surface area contributed by atoms with Crippen LogP contribution >= 0.6 is 11.6 Å². The number of carbonyl (C=O) groups excluding carboxylic acids is 1. The van der Waals surface area contributed by atoms with E-state index in [0.717, 1.165) is 11.1 Å². The van der Waals surface area contributed by atoms with Crippen molar-refractivity contribution < 1.29 is 22.7 Å². The molecule has 0 heterocycles. The Morgan fingerprint density at radius 3 is 2.27 bits per heavy atom. The Bertz CT molecular complexity index is 1620. The third-order valence-corrected chi connectivity index (χ3v) is 8.18. The van der Waals surface area contributed by atoms with Gasteiger partial charge in [0.1, 0.15) is 6.61 Å². The van der Waals surface area contributed by atoms with E-state index < -0.39 is 15.9 Å². The summed E-state index contributed by atoms with van der Waals surface area (Å²) in [6, 6.07) is 25.6. The highest BCUT2D eigenvalue weighted by molar-refractivity contribution is 7.92. The van der Waals surface area contributed by atoms with E-state index in [9.17, 15) is 13.2 Å². The third-order valence-electron chi connectivity index (χ3n) is 6.13. The van der Waals surface area contributed by atoms with Crippen LogP contribution in [-0.4, -0.2) is 34.2 Å². The molecule has 41 heavy (non-hydrogen) atoms. The molecule has 0 radical (unpaired) electrons. The van der Waals surface area contributed by atoms with Crippen molar-refractivity contribution >= 4 is 39.4 Å². The predicted molar refractivity (Wildman–Crippen MR) is 162 cm³/mol. The number of carbonyl (C=O) groups is 1. The van der Waals surface area contributed by atoms with Gasteiger partial charge in [-0.05, 0) is 91.7 Å². The van der Waals surface area contributed by atoms with E-state index in [-0.39, 0.29) is 4.90 Å². The van der Waals surface area contributed by atoms with E-state index in [1.807, 2.05) is 38.1 Å². The summed E-state index contributed by atoms with van der Waals surface area (Å²) in [4.78, 5) is 12.8. The Balaban J connectivity index is 1.37. The average Bonchev–Trinajstić information content (AvgIpc) is 2.97. The summed E-state index contributed by atoms with van der Waals surface area (Å²) in [5, 5.41) is 4.72. The van der Waals surface area contributed by atoms with E-state index in [0.29, 0.717) is 46.5 Å². The Morgan fingerprint density at radius 1 is 0.927 bits per heavy atom. The molecule has 4 aromatic rings. The van der Waals surface area contributed by atoms with Crippen LogP contribution in [0.1, 0.15) is 34.0 Å². The van der Waals surface area contributed by atoms with Gasteiger partial charge in [0.25, 0.3) is 15.9 Å². The highest BCUT2D eigenvalue weighted by Crippen LogP contribution is 2.29. The number of amides is 1. The van der Waals surface area contributed by atoms with Crippen molar-refractivity contribution in [3.8, 4) is 11.5 Å². The molecule has 0 bridgehead atoms. The van der Waals surface area contributed by atoms with E-state index in [2.05, 4.69) is 10.5 Å². The van der Waals surface area contributed by atoms with Gasteiger partial charge in [0.05, 0.1) is 23.4 Å². The molecule has 0 aromatic heterocycles. The van der Waals surface area contributed by atoms with Gasteiger partial charge in [-0.25, -0.2) is 13.8 Å². The van der Waals surface area contributed by atoms with Gasteiger partial charge in [0.2, 0.25) is 0 Å². The Kier molecular flexibility index (Phi) is 9.65. The number of anilines is 1. The molecule has 0 saturated carbocycles. The van der Waals surface area contributed by atoms with Gasteiger partial charge in [-0.2, -0.15) is 5.10 Å². The predicted octanol–water partition coefficient (Wildman–Crippen LogP) is 6.22. The highest BCUT2D eigenvalue weighted by Gasteiger charge is 2.21. The van der Waals surface area contributed by atoms with Crippen molar-refractivity contribution in [2.24, 2.45) is 5.10 Å². The lowest BCUT2D eigenvalue weighted by molar-refractivity contribution is 0.0955. The normalized spacial score (nSPS) is 11.3. The monoisotopic (exact) mass is 591 g/mol. The summed E-state index contributed by atoms with van der Waals surface area (Å²) >= 11 is 5.94. The fraction of sp³-hybridized carbons (Fsp3) is 0.161. The summed E-state index contributed by atoms with van der Waals surface area (Å²) in [6.07, 6.45) is 1.50. The first-order valence-corrected chi connectivity index (χ1v) is 14.6. The second kappa shape index (κ2) is 13.3. The maximum absolute atomic E-state index is 12.9. The van der Waals surface area contributed by atoms with Crippen molar-refractivity contribution in [1.29, 1.82) is 0 Å². The van der Waals surface area contributed by atoms with Gasteiger partial charge in [-0.3, -0.25) is 9.10 Å². The molecule has 1 N–H and O–H groups in total. The molecular formula is C31H30ClN3O5S. The van der Waals surface area contributed by atoms with Crippen molar-refractivity contribution in [3.63, 3.8) is 0 Å². The van der Waals surface area contributed by atoms with E-state index in [4.69, 9.17) is 21.1 Å². The van der Waals surface area contributed by atoms with Crippen molar-refractivity contribution in [3.05, 3.63) is 118 Å². The molecule has 10 heteroatoms. The van der Waals surface area contributed by atoms with Crippen LogP contribution in [0.25, 0.3) is 0 Å². The minimum atomic E-state index is -3.73. The number of halogens is 1. The number of hydrazone groups is 1. The minimum absolute atomic E-state index is 0.190. The lowest BCUT2D eigenvalue weighted by Crippen LogP contribution is -2.26. The molecule has 0 fully saturated rings. The van der Waals surface area contributed by atoms with E-state index >= 15 is 0 Å². The molecule has 0 aliphatic heterocycles. The van der Waals surface area contributed by atoms with Gasteiger partial charge in [-0.15, -0.1) is 0 Å². The lowest BCUT2D eigenvalue weighted by atomic mass is 10.2. The van der Waals surface area contributed by atoms with E-state index in [1.54, 1.807) is 66.7 Å². The summed E-state index contributed by atoms with van der Waals surface area (Å²) in [5.74, 6) is 0.694. The molecule has 0 unspecified atom stereocenters. The Hall–Kier alpha value is -4.34. The van der Waals surface area contributed by atoms with Crippen LogP contribution in [0.5, 0.6) is 11.5 Å². The zero-order chi connectivity index (χ0) is 29.4. The number of ether oxygens (including phenoxy) is 2. The van der Waals surface area contributed by atoms with Crippen molar-refractivity contribution in [2.45, 2.75) is 25.3 Å². The number of rotatable bonds is 11. The number of benzene rings is 4.